The zero-order valence-electron chi connectivity index (χ0n) is 11.8. The van der Waals surface area contributed by atoms with Crippen LogP contribution < -0.4 is 5.73 Å². The number of benzene rings is 1. The Balaban J connectivity index is 1.80. The van der Waals surface area contributed by atoms with E-state index in [0.717, 1.165) is 17.5 Å². The Kier molecular flexibility index (Phi) is 2.97. The lowest BCUT2D eigenvalue weighted by Crippen LogP contribution is -2.22. The minimum atomic E-state index is 0.298. The summed E-state index contributed by atoms with van der Waals surface area (Å²) in [5.74, 6) is 0.492. The molecule has 1 saturated carbocycles. The zero-order valence-corrected chi connectivity index (χ0v) is 11.8. The van der Waals surface area contributed by atoms with Gasteiger partial charge in [0.1, 0.15) is 0 Å². The van der Waals surface area contributed by atoms with Crippen LogP contribution in [0.4, 0.5) is 0 Å². The van der Waals surface area contributed by atoms with Gasteiger partial charge < -0.3 is 5.73 Å². The maximum atomic E-state index is 6.25. The summed E-state index contributed by atoms with van der Waals surface area (Å²) in [6.07, 6.45) is 7.23. The molecule has 1 fully saturated rings. The standard InChI is InChI=1S/C17H18N4/c18-16-6-2-5-14(16)12-4-1-3-11(9-12)13-7-8-19-17-15(13)10-20-21-17/h1,3-4,7-10,14,16H,2,5-6,18H2,(H,19,20,21)/t14-,16+/m1/s1. The molecular weight excluding hydrogens is 260 g/mol. The highest BCUT2D eigenvalue weighted by atomic mass is 15.1. The van der Waals surface area contributed by atoms with Crippen LogP contribution in [0.3, 0.4) is 0 Å². The summed E-state index contributed by atoms with van der Waals surface area (Å²) in [5, 5.41) is 8.08. The summed E-state index contributed by atoms with van der Waals surface area (Å²) in [6.45, 7) is 0. The van der Waals surface area contributed by atoms with Crippen molar-refractivity contribution in [2.75, 3.05) is 0 Å². The normalized spacial score (nSPS) is 22.0. The Labute approximate surface area is 123 Å². The van der Waals surface area contributed by atoms with Gasteiger partial charge in [-0.05, 0) is 41.5 Å². The highest BCUT2D eigenvalue weighted by Gasteiger charge is 2.25. The van der Waals surface area contributed by atoms with Gasteiger partial charge in [0.25, 0.3) is 0 Å². The van der Waals surface area contributed by atoms with Gasteiger partial charge in [-0.15, -0.1) is 0 Å². The van der Waals surface area contributed by atoms with Crippen molar-refractivity contribution in [3.63, 3.8) is 0 Å². The monoisotopic (exact) mass is 278 g/mol. The number of hydrogen-bond acceptors (Lipinski definition) is 3. The lowest BCUT2D eigenvalue weighted by atomic mass is 9.91. The van der Waals surface area contributed by atoms with Gasteiger partial charge in [-0.2, -0.15) is 5.10 Å². The molecule has 4 rings (SSSR count). The van der Waals surface area contributed by atoms with Crippen molar-refractivity contribution < 1.29 is 0 Å². The van der Waals surface area contributed by atoms with Crippen molar-refractivity contribution in [3.8, 4) is 11.1 Å². The first-order valence-electron chi connectivity index (χ1n) is 7.47. The van der Waals surface area contributed by atoms with Crippen molar-refractivity contribution in [1.82, 2.24) is 15.2 Å². The topological polar surface area (TPSA) is 67.6 Å². The van der Waals surface area contributed by atoms with Crippen LogP contribution in [-0.2, 0) is 0 Å². The predicted octanol–water partition coefficient (Wildman–Crippen LogP) is 3.22. The van der Waals surface area contributed by atoms with Gasteiger partial charge in [-0.3, -0.25) is 5.10 Å². The van der Waals surface area contributed by atoms with Crippen molar-refractivity contribution in [1.29, 1.82) is 0 Å². The molecule has 106 valence electrons. The molecule has 0 unspecified atom stereocenters. The van der Waals surface area contributed by atoms with Crippen LogP contribution in [0.15, 0.2) is 42.7 Å². The van der Waals surface area contributed by atoms with Crippen LogP contribution in [0.5, 0.6) is 0 Å². The highest BCUT2D eigenvalue weighted by Crippen LogP contribution is 2.35. The fraction of sp³-hybridized carbons (Fsp3) is 0.294. The Hall–Kier alpha value is -2.20. The smallest absolute Gasteiger partial charge is 0.155 e. The third-order valence-corrected chi connectivity index (χ3v) is 4.55. The second-order valence-corrected chi connectivity index (χ2v) is 5.82. The Morgan fingerprint density at radius 3 is 3.00 bits per heavy atom. The maximum Gasteiger partial charge on any atom is 0.155 e. The first-order chi connectivity index (χ1) is 10.3. The largest absolute Gasteiger partial charge is 0.327 e. The summed E-state index contributed by atoms with van der Waals surface area (Å²) in [4.78, 5) is 4.30. The molecule has 4 nitrogen and oxygen atoms in total. The number of aromatic amines is 1. The van der Waals surface area contributed by atoms with Gasteiger partial charge in [-0.1, -0.05) is 30.7 Å². The quantitative estimate of drug-likeness (QED) is 0.756. The average Bonchev–Trinajstić information content (AvgIpc) is 3.15. The Bertz CT molecular complexity index is 777. The van der Waals surface area contributed by atoms with E-state index >= 15 is 0 Å². The summed E-state index contributed by atoms with van der Waals surface area (Å²) in [7, 11) is 0. The van der Waals surface area contributed by atoms with Crippen LogP contribution >= 0.6 is 0 Å². The number of hydrogen-bond donors (Lipinski definition) is 2. The molecular formula is C17H18N4. The van der Waals surface area contributed by atoms with Gasteiger partial charge in [0, 0.05) is 17.6 Å². The van der Waals surface area contributed by atoms with Crippen molar-refractivity contribution in [2.24, 2.45) is 5.73 Å². The van der Waals surface area contributed by atoms with Crippen molar-refractivity contribution in [3.05, 3.63) is 48.3 Å². The molecule has 21 heavy (non-hydrogen) atoms. The molecule has 0 aliphatic heterocycles. The Morgan fingerprint density at radius 2 is 2.14 bits per heavy atom. The molecule has 4 heteroatoms. The lowest BCUT2D eigenvalue weighted by molar-refractivity contribution is 0.613. The van der Waals surface area contributed by atoms with E-state index in [-0.39, 0.29) is 0 Å². The molecule has 2 atom stereocenters. The van der Waals surface area contributed by atoms with Crippen molar-refractivity contribution in [2.45, 2.75) is 31.2 Å². The van der Waals surface area contributed by atoms with Gasteiger partial charge in [0.2, 0.25) is 0 Å². The van der Waals surface area contributed by atoms with E-state index < -0.39 is 0 Å². The van der Waals surface area contributed by atoms with E-state index in [0.29, 0.717) is 12.0 Å². The Morgan fingerprint density at radius 1 is 1.19 bits per heavy atom. The van der Waals surface area contributed by atoms with E-state index in [4.69, 9.17) is 5.73 Å². The second-order valence-electron chi connectivity index (χ2n) is 5.82. The fourth-order valence-corrected chi connectivity index (χ4v) is 3.44. The first kappa shape index (κ1) is 12.5. The third-order valence-electron chi connectivity index (χ3n) is 4.55. The molecule has 0 bridgehead atoms. The molecule has 0 saturated heterocycles. The molecule has 0 amide bonds. The van der Waals surface area contributed by atoms with E-state index in [1.165, 1.54) is 29.5 Å². The molecule has 2 heterocycles. The van der Waals surface area contributed by atoms with Crippen LogP contribution in [0, 0.1) is 0 Å². The van der Waals surface area contributed by atoms with Crippen molar-refractivity contribution >= 4 is 11.0 Å². The number of H-pyrrole nitrogens is 1. The van der Waals surface area contributed by atoms with E-state index in [9.17, 15) is 0 Å². The second kappa shape index (κ2) is 4.97. The minimum absolute atomic E-state index is 0.298. The molecule has 3 aromatic rings. The van der Waals surface area contributed by atoms with E-state index in [2.05, 4.69) is 39.4 Å². The number of nitrogens with zero attached hydrogens (tertiary/aromatic N) is 2. The summed E-state index contributed by atoms with van der Waals surface area (Å²) in [6, 6.07) is 11.1. The fourth-order valence-electron chi connectivity index (χ4n) is 3.44. The van der Waals surface area contributed by atoms with Gasteiger partial charge in [0.05, 0.1) is 6.20 Å². The van der Waals surface area contributed by atoms with Crippen LogP contribution in [0.2, 0.25) is 0 Å². The van der Waals surface area contributed by atoms with E-state index in [1.807, 2.05) is 18.5 Å². The lowest BCUT2D eigenvalue weighted by Gasteiger charge is -2.16. The summed E-state index contributed by atoms with van der Waals surface area (Å²) in [5.41, 5.74) is 10.8. The van der Waals surface area contributed by atoms with Crippen LogP contribution in [-0.4, -0.2) is 21.2 Å². The molecule has 1 aliphatic carbocycles. The number of aromatic nitrogens is 3. The number of fused-ring (bicyclic) bond motifs is 1. The van der Waals surface area contributed by atoms with Gasteiger partial charge in [-0.25, -0.2) is 4.98 Å². The number of nitrogens with one attached hydrogen (secondary N) is 1. The molecule has 0 spiro atoms. The number of nitrogens with two attached hydrogens (primary N) is 1. The first-order valence-corrected chi connectivity index (χ1v) is 7.47. The molecule has 0 radical (unpaired) electrons. The predicted molar refractivity (Wildman–Crippen MR) is 83.9 cm³/mol. The minimum Gasteiger partial charge on any atom is -0.327 e. The molecule has 1 aromatic carbocycles. The average molecular weight is 278 g/mol. The zero-order chi connectivity index (χ0) is 14.2. The number of pyridine rings is 1. The molecule has 1 aliphatic rings. The summed E-state index contributed by atoms with van der Waals surface area (Å²) < 4.78 is 0. The SMILES string of the molecule is N[C@H]1CCC[C@@H]1c1cccc(-c2ccnc3[nH]ncc23)c1. The maximum absolute atomic E-state index is 6.25. The summed E-state index contributed by atoms with van der Waals surface area (Å²) >= 11 is 0. The third kappa shape index (κ3) is 2.12. The highest BCUT2D eigenvalue weighted by molar-refractivity contribution is 5.92. The van der Waals surface area contributed by atoms with Gasteiger partial charge in [0.15, 0.2) is 5.65 Å². The van der Waals surface area contributed by atoms with Gasteiger partial charge >= 0.3 is 0 Å². The number of rotatable bonds is 2. The molecule has 3 N–H and O–H groups in total. The van der Waals surface area contributed by atoms with E-state index in [1.54, 1.807) is 0 Å². The molecule has 2 aromatic heterocycles. The van der Waals surface area contributed by atoms with Crippen LogP contribution in [0.1, 0.15) is 30.7 Å². The van der Waals surface area contributed by atoms with Crippen LogP contribution in [0.25, 0.3) is 22.2 Å².